The monoisotopic (exact) mass is 352 g/mol. The van der Waals surface area contributed by atoms with Crippen molar-refractivity contribution in [1.82, 2.24) is 10.3 Å². The molecule has 0 bridgehead atoms. The maximum absolute atomic E-state index is 12.6. The second-order valence-electron chi connectivity index (χ2n) is 6.22. The number of aryl methyl sites for hydroxylation is 1. The summed E-state index contributed by atoms with van der Waals surface area (Å²) in [5.74, 6) is 0.0889. The maximum Gasteiger partial charge on any atom is 0.227 e. The number of fused-ring (bicyclic) bond motifs is 1. The van der Waals surface area contributed by atoms with Gasteiger partial charge in [-0.25, -0.2) is 4.98 Å². The molecule has 0 aliphatic heterocycles. The molecule has 4 heteroatoms. The highest BCUT2D eigenvalue weighted by Crippen LogP contribution is 2.23. The molecule has 1 aromatic heterocycles. The number of para-hydroxylation sites is 1. The topological polar surface area (TPSA) is 42.0 Å². The summed E-state index contributed by atoms with van der Waals surface area (Å²) in [5, 5.41) is 4.25. The van der Waals surface area contributed by atoms with Gasteiger partial charge in [-0.2, -0.15) is 0 Å². The van der Waals surface area contributed by atoms with Crippen LogP contribution in [0.5, 0.6) is 0 Å². The summed E-state index contributed by atoms with van der Waals surface area (Å²) in [6, 6.07) is 18.3. The van der Waals surface area contributed by atoms with E-state index in [0.29, 0.717) is 6.54 Å². The van der Waals surface area contributed by atoms with Crippen molar-refractivity contribution in [3.63, 3.8) is 0 Å². The fraction of sp³-hybridized carbons (Fsp3) is 0.333. The van der Waals surface area contributed by atoms with Crippen molar-refractivity contribution in [2.45, 2.75) is 38.5 Å². The quantitative estimate of drug-likeness (QED) is 0.584. The summed E-state index contributed by atoms with van der Waals surface area (Å²) < 4.78 is 1.23. The van der Waals surface area contributed by atoms with E-state index in [1.165, 1.54) is 4.70 Å². The third-order valence-electron chi connectivity index (χ3n) is 4.30. The standard InChI is InChI=1S/C21H24N2OS/c1-2-9-17(16-10-4-3-5-11-16)21(24)22-15-8-14-20-23-18-12-6-7-13-19(18)25-20/h3-7,10-13,17H,2,8-9,14-15H2,1H3,(H,22,24). The lowest BCUT2D eigenvalue weighted by Crippen LogP contribution is -2.30. The van der Waals surface area contributed by atoms with Gasteiger partial charge in [0.05, 0.1) is 21.1 Å². The van der Waals surface area contributed by atoms with Gasteiger partial charge in [0.15, 0.2) is 0 Å². The van der Waals surface area contributed by atoms with Crippen molar-refractivity contribution in [3.8, 4) is 0 Å². The van der Waals surface area contributed by atoms with E-state index in [4.69, 9.17) is 0 Å². The van der Waals surface area contributed by atoms with Gasteiger partial charge in [-0.1, -0.05) is 55.8 Å². The van der Waals surface area contributed by atoms with Crippen LogP contribution >= 0.6 is 11.3 Å². The molecule has 0 radical (unpaired) electrons. The number of benzene rings is 2. The lowest BCUT2D eigenvalue weighted by atomic mass is 9.93. The molecule has 0 aliphatic carbocycles. The normalized spacial score (nSPS) is 12.2. The van der Waals surface area contributed by atoms with E-state index in [1.54, 1.807) is 11.3 Å². The molecule has 0 spiro atoms. The molecule has 130 valence electrons. The molecule has 0 aliphatic rings. The zero-order valence-corrected chi connectivity index (χ0v) is 15.4. The fourth-order valence-electron chi connectivity index (χ4n) is 3.02. The van der Waals surface area contributed by atoms with Crippen molar-refractivity contribution in [3.05, 3.63) is 65.2 Å². The number of carbonyl (C=O) groups excluding carboxylic acids is 1. The smallest absolute Gasteiger partial charge is 0.227 e. The van der Waals surface area contributed by atoms with E-state index in [-0.39, 0.29) is 11.8 Å². The van der Waals surface area contributed by atoms with Gasteiger partial charge in [-0.15, -0.1) is 11.3 Å². The predicted octanol–water partition coefficient (Wildman–Crippen LogP) is 4.93. The third-order valence-corrected chi connectivity index (χ3v) is 5.40. The summed E-state index contributed by atoms with van der Waals surface area (Å²) in [7, 11) is 0. The van der Waals surface area contributed by atoms with Crippen LogP contribution in [-0.4, -0.2) is 17.4 Å². The minimum atomic E-state index is -0.0475. The zero-order valence-electron chi connectivity index (χ0n) is 14.6. The van der Waals surface area contributed by atoms with E-state index in [1.807, 2.05) is 48.5 Å². The van der Waals surface area contributed by atoms with Crippen LogP contribution in [0.3, 0.4) is 0 Å². The van der Waals surface area contributed by atoms with Crippen LogP contribution in [0.4, 0.5) is 0 Å². The summed E-state index contributed by atoms with van der Waals surface area (Å²) in [6.45, 7) is 2.82. The molecule has 0 saturated carbocycles. The van der Waals surface area contributed by atoms with E-state index in [0.717, 1.165) is 41.8 Å². The Labute approximate surface area is 153 Å². The first-order valence-corrected chi connectivity index (χ1v) is 9.76. The van der Waals surface area contributed by atoms with Crippen LogP contribution in [0, 0.1) is 0 Å². The van der Waals surface area contributed by atoms with E-state index < -0.39 is 0 Å². The van der Waals surface area contributed by atoms with Crippen LogP contribution in [0.15, 0.2) is 54.6 Å². The third kappa shape index (κ3) is 4.67. The van der Waals surface area contributed by atoms with Crippen LogP contribution in [-0.2, 0) is 11.2 Å². The largest absolute Gasteiger partial charge is 0.356 e. The average Bonchev–Trinajstić information content (AvgIpc) is 3.06. The number of nitrogens with zero attached hydrogens (tertiary/aromatic N) is 1. The highest BCUT2D eigenvalue weighted by Gasteiger charge is 2.18. The van der Waals surface area contributed by atoms with Crippen molar-refractivity contribution in [1.29, 1.82) is 0 Å². The Bertz CT molecular complexity index is 780. The minimum Gasteiger partial charge on any atom is -0.356 e. The molecule has 0 saturated heterocycles. The Hall–Kier alpha value is -2.20. The van der Waals surface area contributed by atoms with Crippen LogP contribution < -0.4 is 5.32 Å². The first-order valence-electron chi connectivity index (χ1n) is 8.95. The Balaban J connectivity index is 1.51. The van der Waals surface area contributed by atoms with E-state index in [9.17, 15) is 4.79 Å². The number of thiazole rings is 1. The molecule has 1 amide bonds. The SMILES string of the molecule is CCCC(C(=O)NCCCc1nc2ccccc2s1)c1ccccc1. The fourth-order valence-corrected chi connectivity index (χ4v) is 4.03. The van der Waals surface area contributed by atoms with Gasteiger partial charge in [0, 0.05) is 13.0 Å². The van der Waals surface area contributed by atoms with Gasteiger partial charge in [0.2, 0.25) is 5.91 Å². The number of hydrogen-bond acceptors (Lipinski definition) is 3. The van der Waals surface area contributed by atoms with Crippen LogP contribution in [0.25, 0.3) is 10.2 Å². The highest BCUT2D eigenvalue weighted by atomic mass is 32.1. The molecule has 1 unspecified atom stereocenters. The van der Waals surface area contributed by atoms with Gasteiger partial charge < -0.3 is 5.32 Å². The number of amides is 1. The number of hydrogen-bond donors (Lipinski definition) is 1. The minimum absolute atomic E-state index is 0.0475. The Morgan fingerprint density at radius 1 is 1.12 bits per heavy atom. The van der Waals surface area contributed by atoms with Crippen molar-refractivity contribution >= 4 is 27.5 Å². The lowest BCUT2D eigenvalue weighted by Gasteiger charge is -2.16. The average molecular weight is 353 g/mol. The molecular weight excluding hydrogens is 328 g/mol. The lowest BCUT2D eigenvalue weighted by molar-refractivity contribution is -0.122. The summed E-state index contributed by atoms with van der Waals surface area (Å²) in [6.07, 6.45) is 3.70. The highest BCUT2D eigenvalue weighted by molar-refractivity contribution is 7.18. The van der Waals surface area contributed by atoms with Crippen molar-refractivity contribution in [2.24, 2.45) is 0 Å². The van der Waals surface area contributed by atoms with Crippen molar-refractivity contribution in [2.75, 3.05) is 6.54 Å². The molecule has 25 heavy (non-hydrogen) atoms. The molecule has 1 atom stereocenters. The maximum atomic E-state index is 12.6. The first kappa shape index (κ1) is 17.6. The number of rotatable bonds is 8. The number of carbonyl (C=O) groups is 1. The molecule has 3 aromatic rings. The second-order valence-corrected chi connectivity index (χ2v) is 7.34. The Kier molecular flexibility index (Phi) is 6.18. The van der Waals surface area contributed by atoms with Crippen LogP contribution in [0.1, 0.15) is 42.7 Å². The van der Waals surface area contributed by atoms with E-state index in [2.05, 4.69) is 23.3 Å². The molecule has 0 fully saturated rings. The van der Waals surface area contributed by atoms with Gasteiger partial charge in [-0.05, 0) is 30.5 Å². The zero-order chi connectivity index (χ0) is 17.5. The summed E-state index contributed by atoms with van der Waals surface area (Å²) in [4.78, 5) is 17.2. The van der Waals surface area contributed by atoms with Crippen LogP contribution in [0.2, 0.25) is 0 Å². The molecular formula is C21H24N2OS. The Morgan fingerprint density at radius 2 is 1.88 bits per heavy atom. The molecule has 2 aromatic carbocycles. The predicted molar refractivity (Wildman–Crippen MR) is 105 cm³/mol. The number of aromatic nitrogens is 1. The van der Waals surface area contributed by atoms with E-state index >= 15 is 0 Å². The Morgan fingerprint density at radius 3 is 2.64 bits per heavy atom. The molecule has 3 rings (SSSR count). The van der Waals surface area contributed by atoms with Gasteiger partial charge in [0.1, 0.15) is 0 Å². The first-order chi connectivity index (χ1) is 12.3. The van der Waals surface area contributed by atoms with Gasteiger partial charge in [0.25, 0.3) is 0 Å². The number of nitrogens with one attached hydrogen (secondary N) is 1. The molecule has 1 N–H and O–H groups in total. The second kappa shape index (κ2) is 8.77. The molecule has 3 nitrogen and oxygen atoms in total. The summed E-state index contributed by atoms with van der Waals surface area (Å²) >= 11 is 1.74. The van der Waals surface area contributed by atoms with Crippen molar-refractivity contribution < 1.29 is 4.79 Å². The summed E-state index contributed by atoms with van der Waals surface area (Å²) in [5.41, 5.74) is 2.17. The van der Waals surface area contributed by atoms with Gasteiger partial charge in [-0.3, -0.25) is 4.79 Å². The molecule has 1 heterocycles. The van der Waals surface area contributed by atoms with Gasteiger partial charge >= 0.3 is 0 Å².